The Labute approximate surface area is 131 Å². The van der Waals surface area contributed by atoms with E-state index >= 15 is 0 Å². The molecule has 1 saturated heterocycles. The highest BCUT2D eigenvalue weighted by atomic mass is 32.1. The van der Waals surface area contributed by atoms with E-state index in [0.717, 1.165) is 12.8 Å². The molecule has 118 valence electrons. The molecule has 1 N–H and O–H groups in total. The molecule has 1 aromatic rings. The standard InChI is InChI=1S/C16H26N2O2S/c1-5-11(2)14-16(19)18(12(3)8-9-20-4)15(17-14)13-7-6-10-21-13/h6-7,10-12,14-15,17H,5,8-9H2,1-4H3. The molecule has 1 fully saturated rings. The maximum atomic E-state index is 12.8. The Morgan fingerprint density at radius 1 is 1.48 bits per heavy atom. The predicted octanol–water partition coefficient (Wildman–Crippen LogP) is 3.02. The van der Waals surface area contributed by atoms with Crippen molar-refractivity contribution >= 4 is 17.2 Å². The van der Waals surface area contributed by atoms with Gasteiger partial charge in [-0.15, -0.1) is 11.3 Å². The SMILES string of the molecule is CCC(C)C1NC(c2cccs2)N(C(C)CCOC)C1=O. The number of nitrogens with zero attached hydrogens (tertiary/aromatic N) is 1. The number of carbonyl (C=O) groups excluding carboxylic acids is 1. The van der Waals surface area contributed by atoms with Crippen molar-refractivity contribution in [1.29, 1.82) is 0 Å². The predicted molar refractivity (Wildman–Crippen MR) is 86.2 cm³/mol. The van der Waals surface area contributed by atoms with Crippen LogP contribution in [0.5, 0.6) is 0 Å². The van der Waals surface area contributed by atoms with Crippen LogP contribution in [0.2, 0.25) is 0 Å². The van der Waals surface area contributed by atoms with E-state index in [-0.39, 0.29) is 24.2 Å². The zero-order valence-electron chi connectivity index (χ0n) is 13.3. The lowest BCUT2D eigenvalue weighted by Crippen LogP contribution is -2.40. The minimum atomic E-state index is -0.0768. The zero-order valence-corrected chi connectivity index (χ0v) is 14.2. The third-order valence-electron chi connectivity index (χ3n) is 4.38. The van der Waals surface area contributed by atoms with Crippen molar-refractivity contribution < 1.29 is 9.53 Å². The first-order valence-corrected chi connectivity index (χ1v) is 8.58. The number of thiophene rings is 1. The van der Waals surface area contributed by atoms with E-state index in [2.05, 4.69) is 37.5 Å². The molecule has 2 rings (SSSR count). The summed E-state index contributed by atoms with van der Waals surface area (Å²) in [5.74, 6) is 0.575. The molecule has 0 aliphatic carbocycles. The summed E-state index contributed by atoms with van der Waals surface area (Å²) < 4.78 is 5.17. The number of hydrogen-bond donors (Lipinski definition) is 1. The van der Waals surface area contributed by atoms with Gasteiger partial charge in [-0.3, -0.25) is 10.1 Å². The molecule has 0 aromatic carbocycles. The van der Waals surface area contributed by atoms with Crippen LogP contribution >= 0.6 is 11.3 Å². The fourth-order valence-electron chi connectivity index (χ4n) is 2.82. The first-order chi connectivity index (χ1) is 10.1. The molecule has 5 heteroatoms. The van der Waals surface area contributed by atoms with E-state index in [4.69, 9.17) is 4.74 Å². The molecule has 1 aromatic heterocycles. The Hall–Kier alpha value is -0.910. The summed E-state index contributed by atoms with van der Waals surface area (Å²) in [6.07, 6.45) is 1.86. The molecule has 4 unspecified atom stereocenters. The fourth-order valence-corrected chi connectivity index (χ4v) is 3.60. The molecule has 1 aliphatic rings. The van der Waals surface area contributed by atoms with E-state index in [1.807, 2.05) is 11.0 Å². The monoisotopic (exact) mass is 310 g/mol. The zero-order chi connectivity index (χ0) is 15.4. The highest BCUT2D eigenvalue weighted by Gasteiger charge is 2.43. The van der Waals surface area contributed by atoms with Crippen molar-refractivity contribution in [2.45, 2.75) is 51.9 Å². The molecule has 0 radical (unpaired) electrons. The summed E-state index contributed by atoms with van der Waals surface area (Å²) in [6.45, 7) is 7.06. The van der Waals surface area contributed by atoms with Gasteiger partial charge in [0.1, 0.15) is 6.17 Å². The number of methoxy groups -OCH3 is 1. The van der Waals surface area contributed by atoms with Gasteiger partial charge in [0.15, 0.2) is 0 Å². The first kappa shape index (κ1) is 16.5. The van der Waals surface area contributed by atoms with E-state index < -0.39 is 0 Å². The molecule has 0 saturated carbocycles. The van der Waals surface area contributed by atoms with Crippen LogP contribution in [-0.4, -0.2) is 36.6 Å². The lowest BCUT2D eigenvalue weighted by molar-refractivity contribution is -0.133. The molecule has 4 nitrogen and oxygen atoms in total. The lowest BCUT2D eigenvalue weighted by Gasteiger charge is -2.29. The van der Waals surface area contributed by atoms with Gasteiger partial charge in [0.05, 0.1) is 6.04 Å². The van der Waals surface area contributed by atoms with Crippen molar-refractivity contribution in [2.75, 3.05) is 13.7 Å². The van der Waals surface area contributed by atoms with Crippen LogP contribution in [-0.2, 0) is 9.53 Å². The molecule has 1 amide bonds. The van der Waals surface area contributed by atoms with Gasteiger partial charge in [-0.1, -0.05) is 26.3 Å². The quantitative estimate of drug-likeness (QED) is 0.842. The largest absolute Gasteiger partial charge is 0.385 e. The number of rotatable bonds is 7. The third-order valence-corrected chi connectivity index (χ3v) is 5.30. The maximum Gasteiger partial charge on any atom is 0.241 e. The average molecular weight is 310 g/mol. The molecular weight excluding hydrogens is 284 g/mol. The molecule has 21 heavy (non-hydrogen) atoms. The van der Waals surface area contributed by atoms with Gasteiger partial charge in [0.25, 0.3) is 0 Å². The van der Waals surface area contributed by atoms with Gasteiger partial charge in [0.2, 0.25) is 5.91 Å². The average Bonchev–Trinajstić information content (AvgIpc) is 3.11. The fraction of sp³-hybridized carbons (Fsp3) is 0.688. The Kier molecular flexibility index (Phi) is 5.79. The van der Waals surface area contributed by atoms with E-state index in [9.17, 15) is 4.79 Å². The molecule has 1 aliphatic heterocycles. The summed E-state index contributed by atoms with van der Waals surface area (Å²) in [7, 11) is 1.70. The normalized spacial score (nSPS) is 25.3. The van der Waals surface area contributed by atoms with E-state index in [1.165, 1.54) is 4.88 Å². The lowest BCUT2D eigenvalue weighted by atomic mass is 9.99. The number of hydrogen-bond acceptors (Lipinski definition) is 4. The molecule has 4 atom stereocenters. The van der Waals surface area contributed by atoms with Gasteiger partial charge in [-0.05, 0) is 30.7 Å². The van der Waals surface area contributed by atoms with E-state index in [1.54, 1.807) is 18.4 Å². The summed E-state index contributed by atoms with van der Waals surface area (Å²) in [4.78, 5) is 16.1. The molecule has 0 bridgehead atoms. The van der Waals surface area contributed by atoms with Crippen molar-refractivity contribution in [3.8, 4) is 0 Å². The molecule has 0 spiro atoms. The van der Waals surface area contributed by atoms with Gasteiger partial charge in [-0.2, -0.15) is 0 Å². The summed E-state index contributed by atoms with van der Waals surface area (Å²) in [5.41, 5.74) is 0. The minimum absolute atomic E-state index is 0.00311. The molecule has 2 heterocycles. The van der Waals surface area contributed by atoms with Crippen LogP contribution < -0.4 is 5.32 Å². The second-order valence-electron chi connectivity index (χ2n) is 5.82. The third kappa shape index (κ3) is 3.47. The molecular formula is C16H26N2O2S. The van der Waals surface area contributed by atoms with Crippen LogP contribution in [0.15, 0.2) is 17.5 Å². The van der Waals surface area contributed by atoms with Crippen molar-refractivity contribution in [3.05, 3.63) is 22.4 Å². The van der Waals surface area contributed by atoms with Crippen molar-refractivity contribution in [1.82, 2.24) is 10.2 Å². The second kappa shape index (κ2) is 7.38. The summed E-state index contributed by atoms with van der Waals surface area (Å²) >= 11 is 1.70. The van der Waals surface area contributed by atoms with E-state index in [0.29, 0.717) is 12.5 Å². The van der Waals surface area contributed by atoms with Crippen LogP contribution in [0.3, 0.4) is 0 Å². The van der Waals surface area contributed by atoms with Crippen LogP contribution in [0, 0.1) is 5.92 Å². The second-order valence-corrected chi connectivity index (χ2v) is 6.80. The smallest absolute Gasteiger partial charge is 0.241 e. The minimum Gasteiger partial charge on any atom is -0.385 e. The van der Waals surface area contributed by atoms with Gasteiger partial charge >= 0.3 is 0 Å². The number of nitrogens with one attached hydrogen (secondary N) is 1. The Morgan fingerprint density at radius 3 is 2.81 bits per heavy atom. The van der Waals surface area contributed by atoms with Crippen LogP contribution in [0.4, 0.5) is 0 Å². The summed E-state index contributed by atoms with van der Waals surface area (Å²) in [5, 5.41) is 5.61. The van der Waals surface area contributed by atoms with Gasteiger partial charge in [-0.25, -0.2) is 0 Å². The van der Waals surface area contributed by atoms with Gasteiger partial charge < -0.3 is 9.64 Å². The van der Waals surface area contributed by atoms with Gasteiger partial charge in [0, 0.05) is 24.6 Å². The van der Waals surface area contributed by atoms with Crippen LogP contribution in [0.25, 0.3) is 0 Å². The highest BCUT2D eigenvalue weighted by Crippen LogP contribution is 2.33. The number of amides is 1. The van der Waals surface area contributed by atoms with Crippen molar-refractivity contribution in [3.63, 3.8) is 0 Å². The Balaban J connectivity index is 2.21. The Bertz CT molecular complexity index is 449. The van der Waals surface area contributed by atoms with Crippen molar-refractivity contribution in [2.24, 2.45) is 5.92 Å². The number of carbonyl (C=O) groups is 1. The Morgan fingerprint density at radius 2 is 2.24 bits per heavy atom. The summed E-state index contributed by atoms with van der Waals surface area (Å²) in [6, 6.07) is 4.24. The first-order valence-electron chi connectivity index (χ1n) is 7.70. The topological polar surface area (TPSA) is 41.6 Å². The number of ether oxygens (including phenoxy) is 1. The van der Waals surface area contributed by atoms with Crippen LogP contribution in [0.1, 0.15) is 44.7 Å². The highest BCUT2D eigenvalue weighted by molar-refractivity contribution is 7.10. The maximum absolute atomic E-state index is 12.8.